The van der Waals surface area contributed by atoms with E-state index in [0.29, 0.717) is 9.79 Å². The van der Waals surface area contributed by atoms with Crippen LogP contribution in [0.1, 0.15) is 11.1 Å². The van der Waals surface area contributed by atoms with E-state index in [1.165, 1.54) is 24.3 Å². The minimum atomic E-state index is -11.2. The molecule has 0 saturated heterocycles. The van der Waals surface area contributed by atoms with Crippen molar-refractivity contribution in [2.24, 2.45) is 0 Å². The Morgan fingerprint density at radius 2 is 0.706 bits per heavy atom. The summed E-state index contributed by atoms with van der Waals surface area (Å²) in [6.45, 7) is 0. The van der Waals surface area contributed by atoms with Crippen molar-refractivity contribution >= 4 is 30.4 Å². The second kappa shape index (κ2) is 8.89. The van der Waals surface area contributed by atoms with Crippen LogP contribution in [0.3, 0.4) is 0 Å². The molecule has 0 radical (unpaired) electrons. The molecule has 0 amide bonds. The summed E-state index contributed by atoms with van der Waals surface area (Å²) in [6, 6.07) is 18.4. The Balaban J connectivity index is 0.000000509. The van der Waals surface area contributed by atoms with Crippen LogP contribution < -0.4 is 0 Å². The average Bonchev–Trinajstić information content (AvgIpc) is 2.66. The molecule has 0 aliphatic rings. The van der Waals surface area contributed by atoms with Crippen LogP contribution in [0.5, 0.6) is 0 Å². The van der Waals surface area contributed by atoms with E-state index in [9.17, 15) is 43.2 Å². The van der Waals surface area contributed by atoms with Gasteiger partial charge >= 0.3 is 48.7 Å². The van der Waals surface area contributed by atoms with Crippen LogP contribution in [0.25, 0.3) is 0 Å². The van der Waals surface area contributed by atoms with Crippen LogP contribution in [0.4, 0.5) is 43.2 Å². The first-order chi connectivity index (χ1) is 15.1. The molecule has 0 N–H and O–H groups in total. The van der Waals surface area contributed by atoms with Crippen LogP contribution >= 0.6 is 0 Å². The Kier molecular flexibility index (Phi) is 7.38. The molecule has 0 aromatic heterocycles. The molecule has 188 valence electrons. The van der Waals surface area contributed by atoms with Crippen molar-refractivity contribution in [3.63, 3.8) is 0 Å². The Bertz CT molecular complexity index is 1020. The number of halogens is 12. The summed E-state index contributed by atoms with van der Waals surface area (Å²) in [4.78, 5) is 1.99. The Morgan fingerprint density at radius 1 is 0.441 bits per heavy atom. The van der Waals surface area contributed by atoms with E-state index in [1.54, 1.807) is 30.3 Å². The van der Waals surface area contributed by atoms with E-state index < -0.39 is 53.8 Å². The molecule has 0 aliphatic heterocycles. The number of hydrogen-bond donors (Lipinski definition) is 0. The van der Waals surface area contributed by atoms with Crippen molar-refractivity contribution in [2.45, 2.75) is 27.0 Å². The fourth-order valence-corrected chi connectivity index (χ4v) is 4.59. The predicted octanol–water partition coefficient (Wildman–Crippen LogP) is 8.96. The Hall–Kier alpha value is -2.01. The van der Waals surface area contributed by atoms with Crippen molar-refractivity contribution in [3.05, 3.63) is 90.0 Å². The summed E-state index contributed by atoms with van der Waals surface area (Å²) in [6.07, 6.45) is -8.89. The molecule has 0 saturated carbocycles. The van der Waals surface area contributed by atoms with E-state index in [4.69, 9.17) is 0 Å². The zero-order valence-corrected chi connectivity index (χ0v) is 19.8. The first kappa shape index (κ1) is 28.2. The van der Waals surface area contributed by atoms with Crippen molar-refractivity contribution in [1.82, 2.24) is 0 Å². The summed E-state index contributed by atoms with van der Waals surface area (Å²) in [7, 11) is -0.819. The van der Waals surface area contributed by atoms with E-state index >= 15 is 0 Å². The third kappa shape index (κ3) is 10.1. The van der Waals surface area contributed by atoms with Gasteiger partial charge in [0.25, 0.3) is 0 Å². The van der Waals surface area contributed by atoms with Crippen molar-refractivity contribution in [1.29, 1.82) is 0 Å². The molecule has 3 aromatic rings. The molecule has 0 spiro atoms. The van der Waals surface area contributed by atoms with Gasteiger partial charge in [-0.1, -0.05) is 18.2 Å². The van der Waals surface area contributed by atoms with Gasteiger partial charge in [0.05, 0.1) is 22.0 Å². The maximum atomic E-state index is 12.8. The predicted molar refractivity (Wildman–Crippen MR) is 104 cm³/mol. The second-order valence-electron chi connectivity index (χ2n) is 6.62. The zero-order chi connectivity index (χ0) is 26.1. The maximum absolute atomic E-state index is 12.8. The van der Waals surface area contributed by atoms with Gasteiger partial charge in [-0.3, -0.25) is 0 Å². The van der Waals surface area contributed by atoms with E-state index in [0.717, 1.165) is 29.2 Å². The second-order valence-corrected chi connectivity index (χ2v) is 14.1. The van der Waals surface area contributed by atoms with E-state index in [1.807, 2.05) is 0 Å². The van der Waals surface area contributed by atoms with Gasteiger partial charge in [-0.15, -0.1) is 0 Å². The first-order valence-corrected chi connectivity index (χ1v) is 15.8. The van der Waals surface area contributed by atoms with Crippen LogP contribution in [0, 0.1) is 0 Å². The van der Waals surface area contributed by atoms with Gasteiger partial charge in [0, 0.05) is 0 Å². The van der Waals surface area contributed by atoms with E-state index in [2.05, 4.69) is 0 Å². The minimum absolute atomic E-state index is 0.592. The van der Waals surface area contributed by atoms with Crippen LogP contribution in [0.2, 0.25) is 0 Å². The number of rotatable bonds is 3. The van der Waals surface area contributed by atoms with Crippen molar-refractivity contribution in [2.75, 3.05) is 0 Å². The fourth-order valence-electron chi connectivity index (χ4n) is 2.52. The van der Waals surface area contributed by atoms with Gasteiger partial charge in [-0.25, -0.2) is 0 Å². The standard InChI is InChI=1S/C20H13F6S.6FH.Sb/c21-19(22,23)14-6-10-17(11-7-14)27(16-4-2-1-3-5-16)18-12-8-15(9-13-18)20(24,25)26;;;;;;;/h1-13H;6*1H;/q+1;;;;;;;+5/p-6. The molecule has 34 heavy (non-hydrogen) atoms. The van der Waals surface area contributed by atoms with E-state index in [-0.39, 0.29) is 0 Å². The molecule has 3 rings (SSSR count). The molecule has 3 aromatic carbocycles. The molecule has 0 nitrogen and oxygen atoms in total. The topological polar surface area (TPSA) is 0 Å². The van der Waals surface area contributed by atoms with Crippen molar-refractivity contribution in [3.8, 4) is 0 Å². The number of alkyl halides is 6. The summed E-state index contributed by atoms with van der Waals surface area (Å²) < 4.78 is 136. The van der Waals surface area contributed by atoms with Gasteiger partial charge in [0.15, 0.2) is 14.7 Å². The van der Waals surface area contributed by atoms with Gasteiger partial charge in [-0.05, 0) is 60.7 Å². The van der Waals surface area contributed by atoms with Crippen LogP contribution in [-0.2, 0) is 23.2 Å². The summed E-state index contributed by atoms with van der Waals surface area (Å²) >= 11 is -11.2. The van der Waals surface area contributed by atoms with Crippen LogP contribution in [0.15, 0.2) is 93.5 Å². The quantitative estimate of drug-likeness (QED) is 0.153. The SMILES string of the molecule is FC(F)(F)c1ccc([S+](c2ccccc2)c2ccc(C(F)(F)F)cc2)cc1.[F][Sb-]([F])([F])([F])([F])[F]. The zero-order valence-electron chi connectivity index (χ0n) is 16.4. The first-order valence-electron chi connectivity index (χ1n) is 8.81. The van der Waals surface area contributed by atoms with Gasteiger partial charge in [0.1, 0.15) is 0 Å². The van der Waals surface area contributed by atoms with Crippen LogP contribution in [-0.4, -0.2) is 19.5 Å². The Labute approximate surface area is 190 Å². The summed E-state index contributed by atoms with van der Waals surface area (Å²) in [5.41, 5.74) is -1.54. The fraction of sp³-hybridized carbons (Fsp3) is 0.100. The monoisotopic (exact) mass is 634 g/mol. The molecule has 0 atom stereocenters. The molecular weight excluding hydrogens is 622 g/mol. The molecule has 14 heteroatoms. The summed E-state index contributed by atoms with van der Waals surface area (Å²) in [5, 5.41) is 0. The van der Waals surface area contributed by atoms with Gasteiger partial charge in [0.2, 0.25) is 0 Å². The average molecular weight is 635 g/mol. The third-order valence-corrected chi connectivity index (χ3v) is 6.04. The molecule has 0 bridgehead atoms. The normalized spacial score (nSPS) is 14.6. The number of hydrogen-bond acceptors (Lipinski definition) is 0. The van der Waals surface area contributed by atoms with Gasteiger partial charge in [-0.2, -0.15) is 26.3 Å². The molecule has 0 unspecified atom stereocenters. The molecule has 0 fully saturated rings. The van der Waals surface area contributed by atoms with Gasteiger partial charge < -0.3 is 0 Å². The molecule has 0 aliphatic carbocycles. The molecule has 0 heterocycles. The Morgan fingerprint density at radius 3 is 0.971 bits per heavy atom. The summed E-state index contributed by atoms with van der Waals surface area (Å²) in [5.74, 6) is 0. The third-order valence-electron chi connectivity index (χ3n) is 3.81. The molecular formula is C20H13F12SSb. The number of benzene rings is 3. The van der Waals surface area contributed by atoms with Crippen molar-refractivity contribution < 1.29 is 43.2 Å².